The van der Waals surface area contributed by atoms with Crippen LogP contribution in [0.3, 0.4) is 0 Å². The van der Waals surface area contributed by atoms with E-state index >= 15 is 0 Å². The van der Waals surface area contributed by atoms with Gasteiger partial charge in [0.15, 0.2) is 0 Å². The van der Waals surface area contributed by atoms with E-state index in [4.69, 9.17) is 11.0 Å². The van der Waals surface area contributed by atoms with Crippen LogP contribution in [0.2, 0.25) is 0 Å². The largest absolute Gasteiger partial charge is 0.396 e. The summed E-state index contributed by atoms with van der Waals surface area (Å²) in [6.07, 6.45) is 0. The van der Waals surface area contributed by atoms with Crippen LogP contribution >= 0.6 is 0 Å². The van der Waals surface area contributed by atoms with Crippen LogP contribution in [0.5, 0.6) is 0 Å². The maximum Gasteiger partial charge on any atom is 0.0991 e. The van der Waals surface area contributed by atoms with Crippen molar-refractivity contribution >= 4 is 0 Å². The lowest BCUT2D eigenvalue weighted by molar-refractivity contribution is 0.132. The molecule has 80 valence electrons. The van der Waals surface area contributed by atoms with E-state index in [0.29, 0.717) is 5.56 Å². The van der Waals surface area contributed by atoms with Gasteiger partial charge < -0.3 is 10.8 Å². The van der Waals surface area contributed by atoms with Gasteiger partial charge in [-0.15, -0.1) is 0 Å². The van der Waals surface area contributed by atoms with Crippen LogP contribution in [-0.2, 0) is 0 Å². The minimum Gasteiger partial charge on any atom is -0.396 e. The fourth-order valence-electron chi connectivity index (χ4n) is 1.31. The molecule has 3 heteroatoms. The van der Waals surface area contributed by atoms with Crippen molar-refractivity contribution in [1.82, 2.24) is 0 Å². The molecule has 1 aromatic carbocycles. The Morgan fingerprint density at radius 1 is 1.40 bits per heavy atom. The van der Waals surface area contributed by atoms with Crippen LogP contribution in [0.4, 0.5) is 0 Å². The van der Waals surface area contributed by atoms with E-state index < -0.39 is 0 Å². The van der Waals surface area contributed by atoms with Crippen molar-refractivity contribution < 1.29 is 5.11 Å². The fourth-order valence-corrected chi connectivity index (χ4v) is 1.31. The number of hydrogen-bond donors (Lipinski definition) is 2. The zero-order valence-electron chi connectivity index (χ0n) is 9.07. The van der Waals surface area contributed by atoms with Gasteiger partial charge in [-0.1, -0.05) is 26.0 Å². The molecule has 3 N–H and O–H groups in total. The zero-order chi connectivity index (χ0) is 11.5. The molecule has 0 aliphatic rings. The molecule has 1 aromatic rings. The van der Waals surface area contributed by atoms with Crippen LogP contribution in [-0.4, -0.2) is 11.7 Å². The normalized spacial score (nSPS) is 13.3. The number of nitrogens with zero attached hydrogens (tertiary/aromatic N) is 1. The van der Waals surface area contributed by atoms with Crippen molar-refractivity contribution in [3.8, 4) is 6.07 Å². The van der Waals surface area contributed by atoms with Crippen LogP contribution in [0.1, 0.15) is 31.0 Å². The number of nitriles is 1. The average molecular weight is 204 g/mol. The van der Waals surface area contributed by atoms with Crippen LogP contribution in [0.15, 0.2) is 24.3 Å². The summed E-state index contributed by atoms with van der Waals surface area (Å²) < 4.78 is 0. The Kier molecular flexibility index (Phi) is 3.46. The molecule has 0 aromatic heterocycles. The molecule has 15 heavy (non-hydrogen) atoms. The first kappa shape index (κ1) is 11.7. The van der Waals surface area contributed by atoms with Gasteiger partial charge in [0.2, 0.25) is 0 Å². The second kappa shape index (κ2) is 4.43. The summed E-state index contributed by atoms with van der Waals surface area (Å²) in [5.74, 6) is 0. The Bertz CT molecular complexity index is 362. The zero-order valence-corrected chi connectivity index (χ0v) is 9.07. The van der Waals surface area contributed by atoms with Crippen molar-refractivity contribution in [3.63, 3.8) is 0 Å². The molecule has 0 saturated heterocycles. The summed E-state index contributed by atoms with van der Waals surface area (Å²) in [4.78, 5) is 0. The maximum atomic E-state index is 9.19. The molecule has 0 bridgehead atoms. The Balaban J connectivity index is 2.93. The molecule has 0 radical (unpaired) electrons. The second-order valence-corrected chi connectivity index (χ2v) is 4.36. The molecule has 0 unspecified atom stereocenters. The fraction of sp³-hybridized carbons (Fsp3) is 0.417. The highest BCUT2D eigenvalue weighted by atomic mass is 16.3. The molecule has 3 nitrogen and oxygen atoms in total. The van der Waals surface area contributed by atoms with Crippen molar-refractivity contribution in [2.45, 2.75) is 19.9 Å². The van der Waals surface area contributed by atoms with Crippen molar-refractivity contribution in [1.29, 1.82) is 5.26 Å². The highest BCUT2D eigenvalue weighted by Crippen LogP contribution is 2.30. The predicted molar refractivity (Wildman–Crippen MR) is 59.0 cm³/mol. The predicted octanol–water partition coefficient (Wildman–Crippen LogP) is 1.58. The average Bonchev–Trinajstić information content (AvgIpc) is 2.28. The van der Waals surface area contributed by atoms with Gasteiger partial charge in [0, 0.05) is 18.1 Å². The lowest BCUT2D eigenvalue weighted by Crippen LogP contribution is -2.32. The van der Waals surface area contributed by atoms with Gasteiger partial charge in [0.25, 0.3) is 0 Å². The molecule has 1 rings (SSSR count). The van der Waals surface area contributed by atoms with Crippen LogP contribution in [0.25, 0.3) is 0 Å². The van der Waals surface area contributed by atoms with Gasteiger partial charge in [0.05, 0.1) is 11.6 Å². The Hall–Kier alpha value is -1.37. The van der Waals surface area contributed by atoms with Gasteiger partial charge in [-0.05, 0) is 17.7 Å². The minimum absolute atomic E-state index is 0.0359. The van der Waals surface area contributed by atoms with Crippen molar-refractivity contribution in [2.75, 3.05) is 6.61 Å². The smallest absolute Gasteiger partial charge is 0.0991 e. The first-order valence-corrected chi connectivity index (χ1v) is 4.88. The quantitative estimate of drug-likeness (QED) is 0.785. The number of aliphatic hydroxyl groups is 1. The van der Waals surface area contributed by atoms with Gasteiger partial charge in [0.1, 0.15) is 0 Å². The number of nitrogens with two attached hydrogens (primary N) is 1. The summed E-state index contributed by atoms with van der Waals surface area (Å²) >= 11 is 0. The summed E-state index contributed by atoms with van der Waals surface area (Å²) in [7, 11) is 0. The second-order valence-electron chi connectivity index (χ2n) is 4.36. The first-order chi connectivity index (χ1) is 7.01. The summed E-state index contributed by atoms with van der Waals surface area (Å²) in [5, 5.41) is 17.8. The van der Waals surface area contributed by atoms with Crippen LogP contribution in [0, 0.1) is 16.7 Å². The van der Waals surface area contributed by atoms with E-state index in [1.807, 2.05) is 26.0 Å². The topological polar surface area (TPSA) is 70.0 Å². The third kappa shape index (κ3) is 2.56. The monoisotopic (exact) mass is 204 g/mol. The number of benzene rings is 1. The first-order valence-electron chi connectivity index (χ1n) is 4.88. The number of hydrogen-bond acceptors (Lipinski definition) is 3. The molecule has 0 heterocycles. The van der Waals surface area contributed by atoms with Crippen molar-refractivity contribution in [3.05, 3.63) is 35.4 Å². The molecule has 0 aliphatic carbocycles. The third-order valence-corrected chi connectivity index (χ3v) is 2.65. The maximum absolute atomic E-state index is 9.19. The van der Waals surface area contributed by atoms with Crippen molar-refractivity contribution in [2.24, 2.45) is 11.1 Å². The Morgan fingerprint density at radius 2 is 1.93 bits per heavy atom. The van der Waals surface area contributed by atoms with Gasteiger partial charge in [-0.3, -0.25) is 0 Å². The molecule has 0 amide bonds. The molecule has 0 saturated carbocycles. The van der Waals surface area contributed by atoms with E-state index in [1.54, 1.807) is 12.1 Å². The van der Waals surface area contributed by atoms with Gasteiger partial charge in [-0.25, -0.2) is 0 Å². The van der Waals surface area contributed by atoms with E-state index in [-0.39, 0.29) is 18.1 Å². The van der Waals surface area contributed by atoms with E-state index in [0.717, 1.165) is 5.56 Å². The SMILES string of the molecule is CC(C)(CO)[C@@H](N)c1ccc(C#N)cc1. The van der Waals surface area contributed by atoms with E-state index in [9.17, 15) is 5.11 Å². The summed E-state index contributed by atoms with van der Waals surface area (Å²) in [6, 6.07) is 8.97. The molecule has 0 fully saturated rings. The standard InChI is InChI=1S/C12H16N2O/c1-12(2,8-15)11(14)10-5-3-9(7-13)4-6-10/h3-6,11,15H,8,14H2,1-2H3/t11-/m0/s1. The Morgan fingerprint density at radius 3 is 2.33 bits per heavy atom. The lowest BCUT2D eigenvalue weighted by Gasteiger charge is -2.29. The molecular weight excluding hydrogens is 188 g/mol. The molecule has 0 aliphatic heterocycles. The third-order valence-electron chi connectivity index (χ3n) is 2.65. The lowest BCUT2D eigenvalue weighted by atomic mass is 9.82. The summed E-state index contributed by atoms with van der Waals surface area (Å²) in [6.45, 7) is 3.86. The van der Waals surface area contributed by atoms with Gasteiger partial charge in [-0.2, -0.15) is 5.26 Å². The number of aliphatic hydroxyl groups excluding tert-OH is 1. The van der Waals surface area contributed by atoms with Crippen LogP contribution < -0.4 is 5.73 Å². The highest BCUT2D eigenvalue weighted by Gasteiger charge is 2.26. The van der Waals surface area contributed by atoms with E-state index in [1.165, 1.54) is 0 Å². The van der Waals surface area contributed by atoms with Gasteiger partial charge >= 0.3 is 0 Å². The summed E-state index contributed by atoms with van der Waals surface area (Å²) in [5.41, 5.74) is 7.24. The minimum atomic E-state index is -0.353. The highest BCUT2D eigenvalue weighted by molar-refractivity contribution is 5.33. The Labute approximate surface area is 90.1 Å². The molecule has 1 atom stereocenters. The van der Waals surface area contributed by atoms with E-state index in [2.05, 4.69) is 6.07 Å². The number of rotatable bonds is 3. The molecule has 0 spiro atoms. The molecular formula is C12H16N2O.